The van der Waals surface area contributed by atoms with Crippen molar-refractivity contribution in [2.45, 2.75) is 31.4 Å². The fourth-order valence-corrected chi connectivity index (χ4v) is 4.44. The van der Waals surface area contributed by atoms with Gasteiger partial charge in [-0.25, -0.2) is 4.79 Å². The molecule has 1 aliphatic carbocycles. The highest BCUT2D eigenvalue weighted by Crippen LogP contribution is 2.44. The van der Waals surface area contributed by atoms with Crippen molar-refractivity contribution in [3.05, 3.63) is 101 Å². The normalized spacial score (nSPS) is 12.9. The van der Waals surface area contributed by atoms with Crippen LogP contribution in [-0.4, -0.2) is 39.3 Å². The van der Waals surface area contributed by atoms with Gasteiger partial charge in [-0.2, -0.15) is 5.21 Å². The Bertz CT molecular complexity index is 1280. The molecule has 0 saturated carbocycles. The maximum atomic E-state index is 12.7. The minimum absolute atomic E-state index is 0.0558. The number of esters is 1. The van der Waals surface area contributed by atoms with Crippen LogP contribution in [0.5, 0.6) is 0 Å². The number of hydrogen-bond donors (Lipinski definition) is 2. The molecule has 1 aliphatic rings. The predicted octanol–water partition coefficient (Wildman–Crippen LogP) is 4.30. The number of tetrazole rings is 1. The highest BCUT2D eigenvalue weighted by molar-refractivity contribution is 5.79. The van der Waals surface area contributed by atoms with Crippen LogP contribution in [0.1, 0.15) is 47.3 Å². The molecule has 0 bridgehead atoms. The van der Waals surface area contributed by atoms with Crippen molar-refractivity contribution in [2.24, 2.45) is 0 Å². The van der Waals surface area contributed by atoms with E-state index in [0.717, 1.165) is 27.8 Å². The molecule has 182 valence electrons. The van der Waals surface area contributed by atoms with E-state index in [0.29, 0.717) is 0 Å². The third-order valence-electron chi connectivity index (χ3n) is 6.19. The minimum Gasteiger partial charge on any atom is -0.461 e. The molecule has 0 spiro atoms. The Morgan fingerprint density at radius 1 is 0.889 bits per heavy atom. The van der Waals surface area contributed by atoms with Crippen molar-refractivity contribution in [2.75, 3.05) is 6.61 Å². The first-order chi connectivity index (χ1) is 17.7. The molecule has 2 N–H and O–H groups in total. The lowest BCUT2D eigenvalue weighted by molar-refractivity contribution is -0.145. The molecule has 4 aromatic rings. The lowest BCUT2D eigenvalue weighted by atomic mass is 9.98. The van der Waals surface area contributed by atoms with E-state index < -0.39 is 12.1 Å². The molecule has 36 heavy (non-hydrogen) atoms. The smallest absolute Gasteiger partial charge is 0.407 e. The molecular formula is C27H25N5O4. The maximum Gasteiger partial charge on any atom is 0.407 e. The number of H-pyrrole nitrogens is 1. The van der Waals surface area contributed by atoms with Gasteiger partial charge >= 0.3 is 12.1 Å². The van der Waals surface area contributed by atoms with E-state index in [-0.39, 0.29) is 43.8 Å². The fourth-order valence-electron chi connectivity index (χ4n) is 4.44. The van der Waals surface area contributed by atoms with Gasteiger partial charge in [0, 0.05) is 12.3 Å². The Morgan fingerprint density at radius 3 is 2.22 bits per heavy atom. The zero-order valence-corrected chi connectivity index (χ0v) is 19.5. The van der Waals surface area contributed by atoms with Crippen LogP contribution in [-0.2, 0) is 20.9 Å². The summed E-state index contributed by atoms with van der Waals surface area (Å²) in [5.74, 6) is -0.180. The average molecular weight is 484 g/mol. The predicted molar refractivity (Wildman–Crippen MR) is 131 cm³/mol. The second-order valence-electron chi connectivity index (χ2n) is 8.48. The van der Waals surface area contributed by atoms with E-state index in [1.165, 1.54) is 0 Å². The second kappa shape index (κ2) is 10.8. The van der Waals surface area contributed by atoms with Crippen LogP contribution in [0.3, 0.4) is 0 Å². The first kappa shape index (κ1) is 23.2. The van der Waals surface area contributed by atoms with Gasteiger partial charge in [-0.1, -0.05) is 84.1 Å². The van der Waals surface area contributed by atoms with Crippen LogP contribution in [0.25, 0.3) is 11.1 Å². The van der Waals surface area contributed by atoms with Crippen LogP contribution in [0.15, 0.2) is 78.9 Å². The van der Waals surface area contributed by atoms with E-state index in [2.05, 4.69) is 50.2 Å². The van der Waals surface area contributed by atoms with Crippen molar-refractivity contribution in [3.63, 3.8) is 0 Å². The summed E-state index contributed by atoms with van der Waals surface area (Å²) in [5.41, 5.74) is 5.46. The summed E-state index contributed by atoms with van der Waals surface area (Å²) in [4.78, 5) is 25.0. The maximum absolute atomic E-state index is 12.7. The van der Waals surface area contributed by atoms with Crippen LogP contribution < -0.4 is 5.32 Å². The zero-order valence-electron chi connectivity index (χ0n) is 19.5. The van der Waals surface area contributed by atoms with Crippen molar-refractivity contribution in [1.82, 2.24) is 25.9 Å². The van der Waals surface area contributed by atoms with Gasteiger partial charge in [-0.15, -0.1) is 10.2 Å². The molecule has 0 fully saturated rings. The number of hydrogen-bond acceptors (Lipinski definition) is 7. The average Bonchev–Trinajstić information content (AvgIpc) is 3.56. The molecular weight excluding hydrogens is 458 g/mol. The molecule has 0 aliphatic heterocycles. The van der Waals surface area contributed by atoms with Gasteiger partial charge in [0.1, 0.15) is 13.2 Å². The molecule has 1 atom stereocenters. The summed E-state index contributed by atoms with van der Waals surface area (Å²) < 4.78 is 11.0. The molecule has 3 aromatic carbocycles. The number of carbonyl (C=O) groups is 2. The van der Waals surface area contributed by atoms with Gasteiger partial charge in [0.05, 0.1) is 6.04 Å². The van der Waals surface area contributed by atoms with Gasteiger partial charge in [0.25, 0.3) is 0 Å². The lowest BCUT2D eigenvalue weighted by Gasteiger charge is -2.18. The number of benzene rings is 3. The van der Waals surface area contributed by atoms with E-state index >= 15 is 0 Å². The Balaban J connectivity index is 1.18. The standard InChI is InChI=1S/C27H25N5O4/c33-25(35-16-18-8-2-1-3-9-18)15-14-24(26-29-31-32-30-26)28-27(34)36-17-23-21-12-6-4-10-19(21)20-11-5-7-13-22(20)23/h1-13,23-24H,14-17H2,(H,28,34)(H,29,30,31,32)/t24-/m0/s1. The summed E-state index contributed by atoms with van der Waals surface area (Å²) in [5, 5.41) is 16.6. The minimum atomic E-state index is -0.663. The summed E-state index contributed by atoms with van der Waals surface area (Å²) >= 11 is 0. The number of ether oxygens (including phenoxy) is 2. The molecule has 5 rings (SSSR count). The molecule has 1 aromatic heterocycles. The van der Waals surface area contributed by atoms with Crippen molar-refractivity contribution >= 4 is 12.1 Å². The van der Waals surface area contributed by atoms with Gasteiger partial charge in [-0.05, 0) is 34.2 Å². The quantitative estimate of drug-likeness (QED) is 0.341. The number of aromatic amines is 1. The van der Waals surface area contributed by atoms with Gasteiger partial charge < -0.3 is 14.8 Å². The SMILES string of the molecule is O=C(CC[C@H](NC(=O)OCC1c2ccccc2-c2ccccc21)c1nn[nH]n1)OCc1ccccc1. The topological polar surface area (TPSA) is 119 Å². The highest BCUT2D eigenvalue weighted by Gasteiger charge is 2.29. The van der Waals surface area contributed by atoms with E-state index in [4.69, 9.17) is 9.47 Å². The van der Waals surface area contributed by atoms with E-state index in [9.17, 15) is 9.59 Å². The number of aromatic nitrogens is 4. The number of carbonyl (C=O) groups excluding carboxylic acids is 2. The van der Waals surface area contributed by atoms with Gasteiger partial charge in [0.15, 0.2) is 5.82 Å². The molecule has 1 heterocycles. The lowest BCUT2D eigenvalue weighted by Crippen LogP contribution is -2.31. The summed E-state index contributed by atoms with van der Waals surface area (Å²) in [6, 6.07) is 25.0. The third-order valence-corrected chi connectivity index (χ3v) is 6.19. The fraction of sp³-hybridized carbons (Fsp3) is 0.222. The first-order valence-corrected chi connectivity index (χ1v) is 11.7. The number of fused-ring (bicyclic) bond motifs is 3. The van der Waals surface area contributed by atoms with Crippen LogP contribution in [0.2, 0.25) is 0 Å². The Hall–Kier alpha value is -4.53. The van der Waals surface area contributed by atoms with Crippen LogP contribution in [0, 0.1) is 0 Å². The van der Waals surface area contributed by atoms with Crippen LogP contribution >= 0.6 is 0 Å². The Labute approximate surface area is 207 Å². The monoisotopic (exact) mass is 483 g/mol. The molecule has 0 unspecified atom stereocenters. The van der Waals surface area contributed by atoms with Crippen molar-refractivity contribution < 1.29 is 19.1 Å². The van der Waals surface area contributed by atoms with E-state index in [1.807, 2.05) is 54.6 Å². The largest absolute Gasteiger partial charge is 0.461 e. The van der Waals surface area contributed by atoms with Crippen molar-refractivity contribution in [3.8, 4) is 11.1 Å². The van der Waals surface area contributed by atoms with Crippen molar-refractivity contribution in [1.29, 1.82) is 0 Å². The summed E-state index contributed by atoms with van der Waals surface area (Å²) in [6.07, 6.45) is -0.322. The number of alkyl carbamates (subject to hydrolysis) is 1. The number of nitrogens with zero attached hydrogens (tertiary/aromatic N) is 3. The summed E-state index contributed by atoms with van der Waals surface area (Å²) in [6.45, 7) is 0.365. The first-order valence-electron chi connectivity index (χ1n) is 11.7. The molecule has 1 amide bonds. The third kappa shape index (κ3) is 5.25. The van der Waals surface area contributed by atoms with Gasteiger partial charge in [-0.3, -0.25) is 4.79 Å². The van der Waals surface area contributed by atoms with Gasteiger partial charge in [0.2, 0.25) is 0 Å². The van der Waals surface area contributed by atoms with Crippen LogP contribution in [0.4, 0.5) is 4.79 Å². The number of amides is 1. The number of nitrogens with one attached hydrogen (secondary N) is 2. The second-order valence-corrected chi connectivity index (χ2v) is 8.48. The Kier molecular flexibility index (Phi) is 6.98. The highest BCUT2D eigenvalue weighted by atomic mass is 16.5. The van der Waals surface area contributed by atoms with E-state index in [1.54, 1.807) is 0 Å². The molecule has 9 nitrogen and oxygen atoms in total. The molecule has 9 heteroatoms. The number of rotatable bonds is 9. The zero-order chi connectivity index (χ0) is 24.7. The molecule has 0 saturated heterocycles. The molecule has 0 radical (unpaired) electrons. The summed E-state index contributed by atoms with van der Waals surface area (Å²) in [7, 11) is 0. The Morgan fingerprint density at radius 2 is 1.56 bits per heavy atom.